The van der Waals surface area contributed by atoms with Crippen LogP contribution in [-0.4, -0.2) is 29.3 Å². The van der Waals surface area contributed by atoms with E-state index >= 15 is 0 Å². The fourth-order valence-corrected chi connectivity index (χ4v) is 3.90. The highest BCUT2D eigenvalue weighted by Gasteiger charge is 2.28. The topological polar surface area (TPSA) is 49.4 Å². The van der Waals surface area contributed by atoms with E-state index in [0.717, 1.165) is 29.5 Å². The van der Waals surface area contributed by atoms with E-state index in [-0.39, 0.29) is 11.8 Å². The number of aryl methyl sites for hydroxylation is 2. The largest absolute Gasteiger partial charge is 0.354 e. The highest BCUT2D eigenvalue weighted by atomic mass is 16.2. The number of hydrogen-bond acceptors (Lipinski definition) is 2. The average Bonchev–Trinajstić information content (AvgIpc) is 2.77. The number of rotatable bonds is 12. The van der Waals surface area contributed by atoms with Gasteiger partial charge < -0.3 is 10.2 Å². The van der Waals surface area contributed by atoms with Gasteiger partial charge in [-0.25, -0.2) is 0 Å². The summed E-state index contributed by atoms with van der Waals surface area (Å²) < 4.78 is 0. The molecule has 0 heterocycles. The molecule has 0 unspecified atom stereocenters. The zero-order chi connectivity index (χ0) is 23.5. The van der Waals surface area contributed by atoms with Gasteiger partial charge in [0.25, 0.3) is 0 Å². The average molecular weight is 437 g/mol. The third-order valence-electron chi connectivity index (χ3n) is 5.92. The van der Waals surface area contributed by atoms with Crippen LogP contribution >= 0.6 is 0 Å². The van der Waals surface area contributed by atoms with Gasteiger partial charge in [0.05, 0.1) is 0 Å². The Labute approximate surface area is 194 Å². The van der Waals surface area contributed by atoms with Crippen molar-refractivity contribution in [3.8, 4) is 0 Å². The number of nitrogens with zero attached hydrogens (tertiary/aromatic N) is 1. The van der Waals surface area contributed by atoms with Gasteiger partial charge in [-0.1, -0.05) is 88.2 Å². The van der Waals surface area contributed by atoms with Crippen LogP contribution in [0.5, 0.6) is 0 Å². The monoisotopic (exact) mass is 436 g/mol. The predicted molar refractivity (Wildman–Crippen MR) is 133 cm³/mol. The van der Waals surface area contributed by atoms with E-state index in [2.05, 4.69) is 56.4 Å². The van der Waals surface area contributed by atoms with Gasteiger partial charge in [-0.2, -0.15) is 0 Å². The number of carbonyl (C=O) groups excluding carboxylic acids is 2. The molecule has 0 saturated carbocycles. The molecule has 2 amide bonds. The molecular formula is C28H40N2O2. The van der Waals surface area contributed by atoms with Crippen molar-refractivity contribution in [3.63, 3.8) is 0 Å². The second-order valence-electron chi connectivity index (χ2n) is 8.98. The Kier molecular flexibility index (Phi) is 10.5. The first-order chi connectivity index (χ1) is 15.3. The maximum Gasteiger partial charge on any atom is 0.242 e. The molecular weight excluding hydrogens is 396 g/mol. The zero-order valence-electron chi connectivity index (χ0n) is 20.5. The van der Waals surface area contributed by atoms with Gasteiger partial charge in [0, 0.05) is 19.5 Å². The number of nitrogens with one attached hydrogen (secondary N) is 1. The number of unbranched alkanes of at least 4 members (excludes halogenated alkanes) is 1. The van der Waals surface area contributed by atoms with Crippen molar-refractivity contribution in [1.29, 1.82) is 0 Å². The van der Waals surface area contributed by atoms with Gasteiger partial charge in [-0.3, -0.25) is 9.59 Å². The summed E-state index contributed by atoms with van der Waals surface area (Å²) in [7, 11) is 0. The maximum atomic E-state index is 13.4. The van der Waals surface area contributed by atoms with Crippen LogP contribution < -0.4 is 5.32 Å². The lowest BCUT2D eigenvalue weighted by Crippen LogP contribution is -2.49. The molecule has 0 aromatic heterocycles. The van der Waals surface area contributed by atoms with Crippen molar-refractivity contribution < 1.29 is 9.59 Å². The minimum atomic E-state index is -0.455. The SMILES string of the molecule is CCCCNC(=O)[C@H](CC)N(Cc1cccc(C)c1)C(=O)CCc1ccc(C(C)C)cc1. The van der Waals surface area contributed by atoms with Crippen molar-refractivity contribution in [1.82, 2.24) is 10.2 Å². The van der Waals surface area contributed by atoms with E-state index in [9.17, 15) is 9.59 Å². The third-order valence-corrected chi connectivity index (χ3v) is 5.92. The van der Waals surface area contributed by atoms with E-state index < -0.39 is 6.04 Å². The first-order valence-electron chi connectivity index (χ1n) is 12.1. The Morgan fingerprint density at radius 1 is 1.00 bits per heavy atom. The lowest BCUT2D eigenvalue weighted by Gasteiger charge is -2.31. The Hall–Kier alpha value is -2.62. The number of benzene rings is 2. The summed E-state index contributed by atoms with van der Waals surface area (Å²) in [5.41, 5.74) is 4.66. The maximum absolute atomic E-state index is 13.4. The van der Waals surface area contributed by atoms with Gasteiger partial charge in [0.2, 0.25) is 11.8 Å². The highest BCUT2D eigenvalue weighted by molar-refractivity contribution is 5.87. The molecule has 0 fully saturated rings. The van der Waals surface area contributed by atoms with Crippen LogP contribution in [0.25, 0.3) is 0 Å². The van der Waals surface area contributed by atoms with Crippen LogP contribution in [0.3, 0.4) is 0 Å². The predicted octanol–water partition coefficient (Wildman–Crippen LogP) is 5.77. The van der Waals surface area contributed by atoms with E-state index in [1.54, 1.807) is 4.90 Å². The van der Waals surface area contributed by atoms with E-state index in [1.165, 1.54) is 5.56 Å². The van der Waals surface area contributed by atoms with Gasteiger partial charge in [-0.15, -0.1) is 0 Å². The first-order valence-corrected chi connectivity index (χ1v) is 12.1. The fourth-order valence-electron chi connectivity index (χ4n) is 3.90. The van der Waals surface area contributed by atoms with Gasteiger partial charge in [-0.05, 0) is 48.8 Å². The molecule has 2 rings (SSSR count). The molecule has 0 aliphatic heterocycles. The van der Waals surface area contributed by atoms with E-state index in [4.69, 9.17) is 0 Å². The lowest BCUT2D eigenvalue weighted by atomic mass is 10.00. The Morgan fingerprint density at radius 2 is 1.72 bits per heavy atom. The molecule has 0 saturated heterocycles. The summed E-state index contributed by atoms with van der Waals surface area (Å²) in [4.78, 5) is 28.1. The van der Waals surface area contributed by atoms with Crippen molar-refractivity contribution in [3.05, 3.63) is 70.8 Å². The molecule has 0 radical (unpaired) electrons. The Balaban J connectivity index is 2.15. The Morgan fingerprint density at radius 3 is 2.31 bits per heavy atom. The lowest BCUT2D eigenvalue weighted by molar-refractivity contribution is -0.141. The second kappa shape index (κ2) is 13.0. The molecule has 2 aromatic rings. The van der Waals surface area contributed by atoms with Crippen LogP contribution in [0, 0.1) is 6.92 Å². The summed E-state index contributed by atoms with van der Waals surface area (Å²) in [5.74, 6) is 0.465. The smallest absolute Gasteiger partial charge is 0.242 e. The van der Waals surface area contributed by atoms with Crippen LogP contribution in [0.2, 0.25) is 0 Å². The number of amides is 2. The highest BCUT2D eigenvalue weighted by Crippen LogP contribution is 2.18. The molecule has 32 heavy (non-hydrogen) atoms. The standard InChI is InChI=1S/C28H40N2O2/c1-6-8-18-29-28(32)26(7-2)30(20-24-11-9-10-22(5)19-24)27(31)17-14-23-12-15-25(16-13-23)21(3)4/h9-13,15-16,19,21,26H,6-8,14,17-18,20H2,1-5H3,(H,29,32)/t26-/m0/s1. The number of carbonyl (C=O) groups is 2. The first kappa shape index (κ1) is 25.6. The fraction of sp³-hybridized carbons (Fsp3) is 0.500. The summed E-state index contributed by atoms with van der Waals surface area (Å²) in [6.45, 7) is 11.6. The normalized spacial score (nSPS) is 11.9. The van der Waals surface area contributed by atoms with Crippen molar-refractivity contribution >= 4 is 11.8 Å². The molecule has 0 spiro atoms. The minimum absolute atomic E-state index is 0.0249. The van der Waals surface area contributed by atoms with Gasteiger partial charge in [0.15, 0.2) is 0 Å². The van der Waals surface area contributed by atoms with Crippen LogP contribution in [0.15, 0.2) is 48.5 Å². The summed E-state index contributed by atoms with van der Waals surface area (Å²) in [5, 5.41) is 3.02. The zero-order valence-corrected chi connectivity index (χ0v) is 20.5. The van der Waals surface area contributed by atoms with Crippen LogP contribution in [0.4, 0.5) is 0 Å². The van der Waals surface area contributed by atoms with Crippen LogP contribution in [-0.2, 0) is 22.6 Å². The summed E-state index contributed by atoms with van der Waals surface area (Å²) in [6, 6.07) is 16.2. The molecule has 2 aromatic carbocycles. The molecule has 1 N–H and O–H groups in total. The number of hydrogen-bond donors (Lipinski definition) is 1. The molecule has 4 heteroatoms. The van der Waals surface area contributed by atoms with Crippen LogP contribution in [0.1, 0.15) is 81.5 Å². The summed E-state index contributed by atoms with van der Waals surface area (Å²) in [6.07, 6.45) is 3.64. The summed E-state index contributed by atoms with van der Waals surface area (Å²) >= 11 is 0. The van der Waals surface area contributed by atoms with Crippen molar-refractivity contribution in [2.75, 3.05) is 6.54 Å². The minimum Gasteiger partial charge on any atom is -0.354 e. The molecule has 0 aliphatic rings. The molecule has 1 atom stereocenters. The van der Waals surface area contributed by atoms with Crippen molar-refractivity contribution in [2.24, 2.45) is 0 Å². The molecule has 4 nitrogen and oxygen atoms in total. The van der Waals surface area contributed by atoms with Crippen molar-refractivity contribution in [2.45, 2.75) is 85.2 Å². The third kappa shape index (κ3) is 7.81. The molecule has 174 valence electrons. The molecule has 0 bridgehead atoms. The second-order valence-corrected chi connectivity index (χ2v) is 8.98. The quantitative estimate of drug-likeness (QED) is 0.429. The van der Waals surface area contributed by atoms with E-state index in [0.29, 0.717) is 38.3 Å². The van der Waals surface area contributed by atoms with E-state index in [1.807, 2.05) is 32.0 Å². The van der Waals surface area contributed by atoms with Gasteiger partial charge in [0.1, 0.15) is 6.04 Å². The van der Waals surface area contributed by atoms with Gasteiger partial charge >= 0.3 is 0 Å². The molecule has 0 aliphatic carbocycles. The Bertz CT molecular complexity index is 858.